The fraction of sp³-hybridized carbons (Fsp3) is 0.250. The lowest BCUT2D eigenvalue weighted by molar-refractivity contribution is -0.139. The molecule has 3 N–H and O–H groups in total. The average Bonchev–Trinajstić information content (AvgIpc) is 2.52. The summed E-state index contributed by atoms with van der Waals surface area (Å²) in [5, 5.41) is 0. The van der Waals surface area contributed by atoms with Crippen molar-refractivity contribution in [2.45, 2.75) is 6.42 Å². The fourth-order valence-corrected chi connectivity index (χ4v) is 0.998. The highest BCUT2D eigenvalue weighted by Crippen LogP contribution is 2.06. The lowest BCUT2D eigenvalue weighted by atomic mass is 10.2. The van der Waals surface area contributed by atoms with Crippen LogP contribution < -0.4 is 5.73 Å². The smallest absolute Gasteiger partial charge is 0.311 e. The van der Waals surface area contributed by atoms with Crippen molar-refractivity contribution >= 4 is 11.9 Å². The highest BCUT2D eigenvalue weighted by molar-refractivity contribution is 5.95. The Balaban J connectivity index is 2.82. The Labute approximate surface area is 74.9 Å². The normalized spacial score (nSPS) is 9.62. The van der Waals surface area contributed by atoms with Crippen LogP contribution >= 0.6 is 0 Å². The molecule has 0 spiro atoms. The first kappa shape index (κ1) is 9.31. The van der Waals surface area contributed by atoms with Gasteiger partial charge in [-0.15, -0.1) is 0 Å². The van der Waals surface area contributed by atoms with E-state index in [9.17, 15) is 9.59 Å². The van der Waals surface area contributed by atoms with E-state index in [0.717, 1.165) is 0 Å². The Bertz CT molecular complexity index is 330. The van der Waals surface area contributed by atoms with Crippen LogP contribution in [0.15, 0.2) is 12.3 Å². The van der Waals surface area contributed by atoms with Crippen LogP contribution in [-0.4, -0.2) is 24.0 Å². The van der Waals surface area contributed by atoms with Gasteiger partial charge in [0.1, 0.15) is 0 Å². The molecule has 1 amide bonds. The van der Waals surface area contributed by atoms with E-state index in [-0.39, 0.29) is 6.42 Å². The van der Waals surface area contributed by atoms with E-state index < -0.39 is 11.9 Å². The molecule has 1 aromatic rings. The largest absolute Gasteiger partial charge is 0.469 e. The predicted molar refractivity (Wildman–Crippen MR) is 45.0 cm³/mol. The minimum atomic E-state index is -0.555. The molecule has 0 radical (unpaired) electrons. The number of nitrogens with two attached hydrogens (primary N) is 1. The van der Waals surface area contributed by atoms with Crippen molar-refractivity contribution in [2.75, 3.05) is 7.11 Å². The van der Waals surface area contributed by atoms with E-state index in [0.29, 0.717) is 11.3 Å². The van der Waals surface area contributed by atoms with Crippen LogP contribution in [0.2, 0.25) is 0 Å². The van der Waals surface area contributed by atoms with Crippen molar-refractivity contribution in [1.82, 2.24) is 4.98 Å². The van der Waals surface area contributed by atoms with Gasteiger partial charge in [0.25, 0.3) is 5.91 Å². The summed E-state index contributed by atoms with van der Waals surface area (Å²) in [6, 6.07) is 1.53. The third kappa shape index (κ3) is 2.08. The molecular formula is C8H10N2O3. The molecule has 0 saturated carbocycles. The maximum Gasteiger partial charge on any atom is 0.311 e. The van der Waals surface area contributed by atoms with Crippen molar-refractivity contribution in [2.24, 2.45) is 5.73 Å². The van der Waals surface area contributed by atoms with E-state index >= 15 is 0 Å². The summed E-state index contributed by atoms with van der Waals surface area (Å²) in [5.41, 5.74) is 5.88. The van der Waals surface area contributed by atoms with Crippen LogP contribution in [0.3, 0.4) is 0 Å². The Morgan fingerprint density at radius 3 is 2.85 bits per heavy atom. The number of aromatic amines is 1. The number of aromatic nitrogens is 1. The number of hydrogen-bond acceptors (Lipinski definition) is 3. The third-order valence-electron chi connectivity index (χ3n) is 1.65. The van der Waals surface area contributed by atoms with Crippen molar-refractivity contribution in [3.63, 3.8) is 0 Å². The van der Waals surface area contributed by atoms with E-state index in [2.05, 4.69) is 9.72 Å². The first-order valence-corrected chi connectivity index (χ1v) is 3.68. The standard InChI is InChI=1S/C8H10N2O3/c1-13-7(11)4-6-5(8(9)12)2-3-10-6/h2-3,10H,4H2,1H3,(H2,9,12). The molecule has 5 nitrogen and oxygen atoms in total. The molecule has 0 aliphatic carbocycles. The van der Waals surface area contributed by atoms with E-state index in [1.807, 2.05) is 0 Å². The Morgan fingerprint density at radius 2 is 2.31 bits per heavy atom. The zero-order valence-corrected chi connectivity index (χ0v) is 7.16. The van der Waals surface area contributed by atoms with Crippen LogP contribution in [0, 0.1) is 0 Å². The quantitative estimate of drug-likeness (QED) is 0.636. The minimum Gasteiger partial charge on any atom is -0.469 e. The first-order valence-electron chi connectivity index (χ1n) is 3.68. The monoisotopic (exact) mass is 182 g/mol. The molecule has 1 heterocycles. The lowest BCUT2D eigenvalue weighted by Crippen LogP contribution is -2.15. The molecular weight excluding hydrogens is 172 g/mol. The lowest BCUT2D eigenvalue weighted by Gasteiger charge is -1.98. The van der Waals surface area contributed by atoms with Gasteiger partial charge in [0.05, 0.1) is 19.1 Å². The van der Waals surface area contributed by atoms with Gasteiger partial charge in [-0.25, -0.2) is 0 Å². The Kier molecular flexibility index (Phi) is 2.69. The zero-order chi connectivity index (χ0) is 9.84. The van der Waals surface area contributed by atoms with Crippen molar-refractivity contribution in [3.8, 4) is 0 Å². The van der Waals surface area contributed by atoms with Crippen molar-refractivity contribution < 1.29 is 14.3 Å². The van der Waals surface area contributed by atoms with Gasteiger partial charge in [-0.05, 0) is 6.07 Å². The molecule has 0 aliphatic heterocycles. The molecule has 5 heteroatoms. The topological polar surface area (TPSA) is 85.2 Å². The first-order chi connectivity index (χ1) is 6.15. The Hall–Kier alpha value is -1.78. The number of ether oxygens (including phenoxy) is 1. The number of methoxy groups -OCH3 is 1. The fourth-order valence-electron chi connectivity index (χ4n) is 0.998. The van der Waals surface area contributed by atoms with Gasteiger partial charge < -0.3 is 15.5 Å². The molecule has 13 heavy (non-hydrogen) atoms. The number of esters is 1. The van der Waals surface area contributed by atoms with Crippen LogP contribution in [-0.2, 0) is 16.0 Å². The molecule has 0 atom stereocenters. The number of H-pyrrole nitrogens is 1. The summed E-state index contributed by atoms with van der Waals surface area (Å²) in [5.74, 6) is -0.967. The molecule has 70 valence electrons. The second-order valence-electron chi connectivity index (χ2n) is 2.49. The van der Waals surface area contributed by atoms with Gasteiger partial charge in [-0.3, -0.25) is 9.59 Å². The second kappa shape index (κ2) is 3.75. The highest BCUT2D eigenvalue weighted by Gasteiger charge is 2.12. The molecule has 0 saturated heterocycles. The number of carbonyl (C=O) groups is 2. The van der Waals surface area contributed by atoms with Crippen LogP contribution in [0.4, 0.5) is 0 Å². The van der Waals surface area contributed by atoms with Gasteiger partial charge in [-0.1, -0.05) is 0 Å². The summed E-state index contributed by atoms with van der Waals surface area (Å²) in [7, 11) is 1.29. The summed E-state index contributed by atoms with van der Waals surface area (Å²) in [4.78, 5) is 24.4. The van der Waals surface area contributed by atoms with Gasteiger partial charge in [-0.2, -0.15) is 0 Å². The average molecular weight is 182 g/mol. The van der Waals surface area contributed by atoms with Crippen molar-refractivity contribution in [1.29, 1.82) is 0 Å². The number of hydrogen-bond donors (Lipinski definition) is 2. The van der Waals surface area contributed by atoms with E-state index in [1.54, 1.807) is 6.20 Å². The molecule has 0 aliphatic rings. The van der Waals surface area contributed by atoms with Crippen LogP contribution in [0.25, 0.3) is 0 Å². The Morgan fingerprint density at radius 1 is 1.62 bits per heavy atom. The molecule has 0 unspecified atom stereocenters. The van der Waals surface area contributed by atoms with Crippen LogP contribution in [0.5, 0.6) is 0 Å². The SMILES string of the molecule is COC(=O)Cc1[nH]ccc1C(N)=O. The van der Waals surface area contributed by atoms with Gasteiger partial charge in [0.2, 0.25) is 0 Å². The van der Waals surface area contributed by atoms with Crippen molar-refractivity contribution in [3.05, 3.63) is 23.5 Å². The summed E-state index contributed by atoms with van der Waals surface area (Å²) in [6.07, 6.45) is 1.58. The van der Waals surface area contributed by atoms with E-state index in [4.69, 9.17) is 5.73 Å². The molecule has 0 aromatic carbocycles. The number of nitrogens with one attached hydrogen (secondary N) is 1. The molecule has 0 bridgehead atoms. The zero-order valence-electron chi connectivity index (χ0n) is 7.16. The second-order valence-corrected chi connectivity index (χ2v) is 2.49. The predicted octanol–water partition coefficient (Wildman–Crippen LogP) is -0.171. The number of carbonyl (C=O) groups excluding carboxylic acids is 2. The number of primary amides is 1. The highest BCUT2D eigenvalue weighted by atomic mass is 16.5. The van der Waals surface area contributed by atoms with Gasteiger partial charge in [0, 0.05) is 11.9 Å². The maximum absolute atomic E-state index is 10.9. The molecule has 1 rings (SSSR count). The number of rotatable bonds is 3. The summed E-state index contributed by atoms with van der Waals surface area (Å²) < 4.78 is 4.45. The van der Waals surface area contributed by atoms with Crippen LogP contribution in [0.1, 0.15) is 16.1 Å². The summed E-state index contributed by atoms with van der Waals surface area (Å²) in [6.45, 7) is 0. The molecule has 1 aromatic heterocycles. The van der Waals surface area contributed by atoms with Gasteiger partial charge in [0.15, 0.2) is 0 Å². The van der Waals surface area contributed by atoms with Gasteiger partial charge >= 0.3 is 5.97 Å². The summed E-state index contributed by atoms with van der Waals surface area (Å²) >= 11 is 0. The third-order valence-corrected chi connectivity index (χ3v) is 1.65. The number of amides is 1. The maximum atomic E-state index is 10.9. The van der Waals surface area contributed by atoms with E-state index in [1.165, 1.54) is 13.2 Å². The minimum absolute atomic E-state index is 0.0295. The molecule has 0 fully saturated rings.